The predicted molar refractivity (Wildman–Crippen MR) is 87.3 cm³/mol. The summed E-state index contributed by atoms with van der Waals surface area (Å²) < 4.78 is 23.8. The van der Waals surface area contributed by atoms with Crippen molar-refractivity contribution in [1.82, 2.24) is 0 Å². The molecule has 0 N–H and O–H groups in total. The molecule has 0 amide bonds. The molecule has 4 nitrogen and oxygen atoms in total. The van der Waals surface area contributed by atoms with Crippen LogP contribution in [0.2, 0.25) is 0 Å². The highest BCUT2D eigenvalue weighted by Crippen LogP contribution is 2.18. The monoisotopic (exact) mass is 336 g/mol. The van der Waals surface area contributed by atoms with Crippen LogP contribution < -0.4 is 0 Å². The summed E-state index contributed by atoms with van der Waals surface area (Å²) in [5.41, 5.74) is 0.349. The van der Waals surface area contributed by atoms with Crippen LogP contribution in [0.25, 0.3) is 0 Å². The first-order valence-corrected chi connectivity index (χ1v) is 9.58. The van der Waals surface area contributed by atoms with Crippen LogP contribution in [-0.4, -0.2) is 31.5 Å². The topological polar surface area (TPSA) is 68.3 Å². The van der Waals surface area contributed by atoms with Gasteiger partial charge in [-0.25, -0.2) is 8.42 Å². The van der Waals surface area contributed by atoms with Gasteiger partial charge in [-0.05, 0) is 17.9 Å². The fourth-order valence-electron chi connectivity index (χ4n) is 2.15. The standard InChI is InChI=1S/C16H16O4S2/c1-22(19,20)15(16(18)12-6-3-2-4-7-12)10-9-13(17)14-8-5-11-21-14/h2-8,11,15H,9-10H2,1H3. The van der Waals surface area contributed by atoms with Gasteiger partial charge in [0, 0.05) is 18.2 Å². The molecule has 116 valence electrons. The van der Waals surface area contributed by atoms with Crippen molar-refractivity contribution < 1.29 is 18.0 Å². The Morgan fingerprint density at radius 2 is 1.77 bits per heavy atom. The van der Waals surface area contributed by atoms with Crippen LogP contribution in [0, 0.1) is 0 Å². The molecule has 22 heavy (non-hydrogen) atoms. The molecule has 0 saturated carbocycles. The second-order valence-corrected chi connectivity index (χ2v) is 8.16. The number of rotatable bonds is 7. The van der Waals surface area contributed by atoms with Gasteiger partial charge in [0.25, 0.3) is 0 Å². The van der Waals surface area contributed by atoms with E-state index in [4.69, 9.17) is 0 Å². The van der Waals surface area contributed by atoms with E-state index < -0.39 is 20.9 Å². The lowest BCUT2D eigenvalue weighted by atomic mass is 10.0. The van der Waals surface area contributed by atoms with E-state index in [1.165, 1.54) is 11.3 Å². The molecular formula is C16H16O4S2. The SMILES string of the molecule is CS(=O)(=O)C(CCC(=O)c1cccs1)C(=O)c1ccccc1. The molecular weight excluding hydrogens is 320 g/mol. The number of hydrogen-bond acceptors (Lipinski definition) is 5. The molecule has 0 aliphatic rings. The minimum atomic E-state index is -3.58. The number of sulfone groups is 1. The first kappa shape index (κ1) is 16.6. The van der Waals surface area contributed by atoms with Crippen molar-refractivity contribution in [3.05, 3.63) is 58.3 Å². The summed E-state index contributed by atoms with van der Waals surface area (Å²) >= 11 is 1.31. The smallest absolute Gasteiger partial charge is 0.180 e. The van der Waals surface area contributed by atoms with Gasteiger partial charge in [0.2, 0.25) is 0 Å². The van der Waals surface area contributed by atoms with Crippen LogP contribution in [0.1, 0.15) is 32.9 Å². The van der Waals surface area contributed by atoms with E-state index in [1.807, 2.05) is 0 Å². The van der Waals surface area contributed by atoms with Gasteiger partial charge in [-0.2, -0.15) is 0 Å². The molecule has 0 spiro atoms. The molecule has 0 saturated heterocycles. The van der Waals surface area contributed by atoms with Gasteiger partial charge >= 0.3 is 0 Å². The van der Waals surface area contributed by atoms with Crippen molar-refractivity contribution in [3.63, 3.8) is 0 Å². The Morgan fingerprint density at radius 1 is 1.09 bits per heavy atom. The van der Waals surface area contributed by atoms with Gasteiger partial charge < -0.3 is 0 Å². The summed E-state index contributed by atoms with van der Waals surface area (Å²) in [5.74, 6) is -0.591. The highest BCUT2D eigenvalue weighted by molar-refractivity contribution is 7.92. The zero-order chi connectivity index (χ0) is 16.2. The summed E-state index contributed by atoms with van der Waals surface area (Å²) in [6.45, 7) is 0. The Morgan fingerprint density at radius 3 is 2.32 bits per heavy atom. The van der Waals surface area contributed by atoms with Crippen molar-refractivity contribution in [3.8, 4) is 0 Å². The third-order valence-corrected chi connectivity index (χ3v) is 5.69. The van der Waals surface area contributed by atoms with E-state index in [0.29, 0.717) is 10.4 Å². The molecule has 0 radical (unpaired) electrons. The van der Waals surface area contributed by atoms with E-state index >= 15 is 0 Å². The van der Waals surface area contributed by atoms with E-state index in [1.54, 1.807) is 47.8 Å². The van der Waals surface area contributed by atoms with Crippen molar-refractivity contribution in [2.45, 2.75) is 18.1 Å². The van der Waals surface area contributed by atoms with E-state index in [9.17, 15) is 18.0 Å². The summed E-state index contributed by atoms with van der Waals surface area (Å²) in [7, 11) is -3.58. The van der Waals surface area contributed by atoms with Crippen LogP contribution in [0.4, 0.5) is 0 Å². The Balaban J connectivity index is 2.14. The van der Waals surface area contributed by atoms with Crippen LogP contribution in [-0.2, 0) is 9.84 Å². The quantitative estimate of drug-likeness (QED) is 0.729. The predicted octanol–water partition coefficient (Wildman–Crippen LogP) is 3.01. The van der Waals surface area contributed by atoms with Crippen molar-refractivity contribution in [1.29, 1.82) is 0 Å². The fraction of sp³-hybridized carbons (Fsp3) is 0.250. The lowest BCUT2D eigenvalue weighted by Gasteiger charge is -2.13. The van der Waals surface area contributed by atoms with Crippen molar-refractivity contribution >= 4 is 32.7 Å². The van der Waals surface area contributed by atoms with Crippen LogP contribution >= 0.6 is 11.3 Å². The maximum Gasteiger partial charge on any atom is 0.180 e. The van der Waals surface area contributed by atoms with Gasteiger partial charge in [-0.1, -0.05) is 36.4 Å². The number of benzene rings is 1. The molecule has 1 atom stereocenters. The Hall–Kier alpha value is -1.79. The second kappa shape index (κ2) is 6.98. The number of carbonyl (C=O) groups is 2. The van der Waals surface area contributed by atoms with Gasteiger partial charge in [0.15, 0.2) is 21.4 Å². The van der Waals surface area contributed by atoms with Gasteiger partial charge in [0.1, 0.15) is 5.25 Å². The Kier molecular flexibility index (Phi) is 5.26. The first-order valence-electron chi connectivity index (χ1n) is 6.74. The van der Waals surface area contributed by atoms with Crippen LogP contribution in [0.15, 0.2) is 47.8 Å². The molecule has 0 aliphatic heterocycles. The fourth-order valence-corrected chi connectivity index (χ4v) is 3.92. The summed E-state index contributed by atoms with van der Waals surface area (Å²) in [6.07, 6.45) is 1.08. The van der Waals surface area contributed by atoms with Gasteiger partial charge in [0.05, 0.1) is 4.88 Å². The highest BCUT2D eigenvalue weighted by Gasteiger charge is 2.30. The molecule has 1 heterocycles. The highest BCUT2D eigenvalue weighted by atomic mass is 32.2. The summed E-state index contributed by atoms with van der Waals surface area (Å²) in [5, 5.41) is 0.606. The average Bonchev–Trinajstić information content (AvgIpc) is 3.01. The number of ketones is 2. The molecule has 1 aromatic carbocycles. The molecule has 2 rings (SSSR count). The van der Waals surface area contributed by atoms with E-state index in [0.717, 1.165) is 6.26 Å². The lowest BCUT2D eigenvalue weighted by Crippen LogP contribution is -2.30. The summed E-state index contributed by atoms with van der Waals surface area (Å²) in [4.78, 5) is 25.0. The molecule has 0 bridgehead atoms. The zero-order valence-corrected chi connectivity index (χ0v) is 13.7. The van der Waals surface area contributed by atoms with Crippen LogP contribution in [0.3, 0.4) is 0 Å². The van der Waals surface area contributed by atoms with Gasteiger partial charge in [-0.3, -0.25) is 9.59 Å². The zero-order valence-electron chi connectivity index (χ0n) is 12.1. The first-order chi connectivity index (χ1) is 10.4. The minimum Gasteiger partial charge on any atom is -0.293 e. The third kappa shape index (κ3) is 4.11. The molecule has 0 fully saturated rings. The lowest BCUT2D eigenvalue weighted by molar-refractivity contribution is 0.0962. The maximum atomic E-state index is 12.4. The number of hydrogen-bond donors (Lipinski definition) is 0. The number of Topliss-reactive ketones (excluding diaryl/α,β-unsaturated/α-hetero) is 2. The molecule has 1 aromatic heterocycles. The molecule has 0 aliphatic carbocycles. The average molecular weight is 336 g/mol. The molecule has 2 aromatic rings. The molecule has 6 heteroatoms. The normalized spacial score (nSPS) is 12.8. The van der Waals surface area contributed by atoms with Crippen molar-refractivity contribution in [2.24, 2.45) is 0 Å². The largest absolute Gasteiger partial charge is 0.293 e. The minimum absolute atomic E-state index is 0.00327. The Bertz CT molecular complexity index is 747. The number of carbonyl (C=O) groups excluding carboxylic acids is 2. The van der Waals surface area contributed by atoms with Crippen LogP contribution in [0.5, 0.6) is 0 Å². The Labute approximate surface area is 133 Å². The van der Waals surface area contributed by atoms with Gasteiger partial charge in [-0.15, -0.1) is 11.3 Å². The maximum absolute atomic E-state index is 12.4. The van der Waals surface area contributed by atoms with E-state index in [-0.39, 0.29) is 18.6 Å². The second-order valence-electron chi connectivity index (χ2n) is 4.99. The van der Waals surface area contributed by atoms with E-state index in [2.05, 4.69) is 0 Å². The third-order valence-electron chi connectivity index (χ3n) is 3.30. The molecule has 1 unspecified atom stereocenters. The van der Waals surface area contributed by atoms with Crippen molar-refractivity contribution in [2.75, 3.05) is 6.26 Å². The number of thiophene rings is 1. The summed E-state index contributed by atoms with van der Waals surface area (Å²) in [6, 6.07) is 11.8.